The van der Waals surface area contributed by atoms with Crippen LogP contribution in [0.1, 0.15) is 18.1 Å². The molecule has 166 valence electrons. The Hall–Kier alpha value is -0.980. The second-order valence-corrected chi connectivity index (χ2v) is 9.60. The zero-order valence-electron chi connectivity index (χ0n) is 17.6. The SMILES string of the molecule is CCNC(=NCc1cc(F)ccc1CS(C)(=O)=O)NCC1CN(C)CCN1C.I. The molecule has 2 rings (SSSR count). The zero-order valence-corrected chi connectivity index (χ0v) is 20.8. The average Bonchev–Trinajstić information content (AvgIpc) is 2.61. The van der Waals surface area contributed by atoms with E-state index in [0.717, 1.165) is 26.2 Å². The summed E-state index contributed by atoms with van der Waals surface area (Å²) in [5, 5.41) is 6.55. The third-order valence-electron chi connectivity index (χ3n) is 4.82. The first-order valence-electron chi connectivity index (χ1n) is 9.54. The summed E-state index contributed by atoms with van der Waals surface area (Å²) in [4.78, 5) is 9.18. The van der Waals surface area contributed by atoms with E-state index in [0.29, 0.717) is 29.7 Å². The van der Waals surface area contributed by atoms with Crippen LogP contribution in [0.5, 0.6) is 0 Å². The topological polar surface area (TPSA) is 77.0 Å². The zero-order chi connectivity index (χ0) is 20.7. The fourth-order valence-electron chi connectivity index (χ4n) is 3.21. The van der Waals surface area contributed by atoms with Gasteiger partial charge >= 0.3 is 0 Å². The third-order valence-corrected chi connectivity index (χ3v) is 5.66. The quantitative estimate of drug-likeness (QED) is 0.308. The predicted molar refractivity (Wildman–Crippen MR) is 127 cm³/mol. The summed E-state index contributed by atoms with van der Waals surface area (Å²) in [6.45, 7) is 6.69. The summed E-state index contributed by atoms with van der Waals surface area (Å²) in [5.41, 5.74) is 1.16. The first-order chi connectivity index (χ1) is 13.2. The Bertz CT molecular complexity index is 791. The van der Waals surface area contributed by atoms with Crippen molar-refractivity contribution in [1.29, 1.82) is 0 Å². The summed E-state index contributed by atoms with van der Waals surface area (Å²) in [5.74, 6) is 0.118. The molecule has 10 heteroatoms. The summed E-state index contributed by atoms with van der Waals surface area (Å²) >= 11 is 0. The molecule has 1 saturated heterocycles. The number of sulfone groups is 1. The van der Waals surface area contributed by atoms with E-state index >= 15 is 0 Å². The maximum Gasteiger partial charge on any atom is 0.191 e. The minimum atomic E-state index is -3.21. The lowest BCUT2D eigenvalue weighted by molar-refractivity contribution is 0.116. The molecular weight excluding hydrogens is 508 g/mol. The van der Waals surface area contributed by atoms with Crippen LogP contribution in [0, 0.1) is 5.82 Å². The van der Waals surface area contributed by atoms with Crippen molar-refractivity contribution in [1.82, 2.24) is 20.4 Å². The van der Waals surface area contributed by atoms with Gasteiger partial charge in [0.15, 0.2) is 15.8 Å². The number of guanidine groups is 1. The number of rotatable bonds is 7. The molecule has 1 aliphatic heterocycles. The lowest BCUT2D eigenvalue weighted by Gasteiger charge is -2.37. The number of halogens is 2. The molecule has 0 saturated carbocycles. The second-order valence-electron chi connectivity index (χ2n) is 7.46. The van der Waals surface area contributed by atoms with Crippen LogP contribution in [0.15, 0.2) is 23.2 Å². The van der Waals surface area contributed by atoms with Gasteiger partial charge in [-0.1, -0.05) is 6.07 Å². The van der Waals surface area contributed by atoms with Gasteiger partial charge in [0, 0.05) is 45.0 Å². The van der Waals surface area contributed by atoms with E-state index in [1.54, 1.807) is 0 Å². The van der Waals surface area contributed by atoms with Crippen LogP contribution in [-0.2, 0) is 22.1 Å². The van der Waals surface area contributed by atoms with Crippen molar-refractivity contribution in [3.63, 3.8) is 0 Å². The van der Waals surface area contributed by atoms with Crippen molar-refractivity contribution in [3.05, 3.63) is 35.1 Å². The van der Waals surface area contributed by atoms with Gasteiger partial charge in [-0.05, 0) is 44.3 Å². The Morgan fingerprint density at radius 1 is 1.24 bits per heavy atom. The van der Waals surface area contributed by atoms with E-state index in [9.17, 15) is 12.8 Å². The number of benzene rings is 1. The van der Waals surface area contributed by atoms with E-state index in [2.05, 4.69) is 39.5 Å². The Morgan fingerprint density at radius 3 is 2.62 bits per heavy atom. The number of hydrogen-bond acceptors (Lipinski definition) is 5. The molecule has 7 nitrogen and oxygen atoms in total. The van der Waals surface area contributed by atoms with Crippen LogP contribution in [-0.4, -0.2) is 83.3 Å². The summed E-state index contributed by atoms with van der Waals surface area (Å²) in [6.07, 6.45) is 1.17. The Kier molecular flexibility index (Phi) is 10.8. The molecule has 29 heavy (non-hydrogen) atoms. The molecule has 0 bridgehead atoms. The molecule has 0 radical (unpaired) electrons. The molecule has 1 aliphatic rings. The highest BCUT2D eigenvalue weighted by Gasteiger charge is 2.22. The third kappa shape index (κ3) is 9.14. The van der Waals surface area contributed by atoms with Gasteiger partial charge in [-0.3, -0.25) is 4.90 Å². The highest BCUT2D eigenvalue weighted by atomic mass is 127. The monoisotopic (exact) mass is 541 g/mol. The van der Waals surface area contributed by atoms with Crippen molar-refractivity contribution >= 4 is 39.8 Å². The van der Waals surface area contributed by atoms with Crippen molar-refractivity contribution in [2.45, 2.75) is 25.3 Å². The van der Waals surface area contributed by atoms with Gasteiger partial charge in [0.25, 0.3) is 0 Å². The van der Waals surface area contributed by atoms with Crippen LogP contribution >= 0.6 is 24.0 Å². The van der Waals surface area contributed by atoms with Gasteiger partial charge in [-0.15, -0.1) is 24.0 Å². The minimum Gasteiger partial charge on any atom is -0.357 e. The molecule has 0 aromatic heterocycles. The fourth-order valence-corrected chi connectivity index (χ4v) is 4.05. The smallest absolute Gasteiger partial charge is 0.191 e. The van der Waals surface area contributed by atoms with E-state index < -0.39 is 15.7 Å². The van der Waals surface area contributed by atoms with Gasteiger partial charge in [-0.2, -0.15) is 0 Å². The van der Waals surface area contributed by atoms with E-state index in [4.69, 9.17) is 0 Å². The molecule has 2 N–H and O–H groups in total. The van der Waals surface area contributed by atoms with Crippen LogP contribution in [0.2, 0.25) is 0 Å². The summed E-state index contributed by atoms with van der Waals surface area (Å²) in [7, 11) is 1.03. The predicted octanol–water partition coefficient (Wildman–Crippen LogP) is 1.29. The highest BCUT2D eigenvalue weighted by Crippen LogP contribution is 2.15. The van der Waals surface area contributed by atoms with Crippen LogP contribution in [0.25, 0.3) is 0 Å². The maximum atomic E-state index is 13.7. The molecule has 1 heterocycles. The molecule has 0 spiro atoms. The standard InChI is InChI=1S/C19H32FN5O2S.HI/c1-5-21-19(23-12-18-13-24(2)8-9-25(18)3)22-11-16-10-17(20)7-6-15(16)14-28(4,26)27;/h6-7,10,18H,5,8-9,11-14H2,1-4H3,(H2,21,22,23);1H. The minimum absolute atomic E-state index is 0. The molecule has 1 atom stereocenters. The first kappa shape index (κ1) is 26.1. The van der Waals surface area contributed by atoms with Crippen molar-refractivity contribution in [2.24, 2.45) is 4.99 Å². The van der Waals surface area contributed by atoms with E-state index in [1.165, 1.54) is 24.5 Å². The molecule has 1 aromatic carbocycles. The number of nitrogens with one attached hydrogen (secondary N) is 2. The molecule has 1 unspecified atom stereocenters. The number of hydrogen-bond donors (Lipinski definition) is 2. The number of aliphatic imine (C=N–C) groups is 1. The normalized spacial score (nSPS) is 18.9. The second kappa shape index (κ2) is 12.0. The first-order valence-corrected chi connectivity index (χ1v) is 11.6. The Balaban J connectivity index is 0.00000420. The summed E-state index contributed by atoms with van der Waals surface area (Å²) < 4.78 is 37.0. The van der Waals surface area contributed by atoms with E-state index in [-0.39, 0.29) is 36.3 Å². The van der Waals surface area contributed by atoms with Crippen LogP contribution < -0.4 is 10.6 Å². The van der Waals surface area contributed by atoms with Gasteiger partial charge < -0.3 is 15.5 Å². The average molecular weight is 541 g/mol. The molecule has 0 amide bonds. The number of nitrogens with zero attached hydrogens (tertiary/aromatic N) is 3. The van der Waals surface area contributed by atoms with Crippen LogP contribution in [0.4, 0.5) is 4.39 Å². The lowest BCUT2D eigenvalue weighted by Crippen LogP contribution is -2.55. The molecule has 0 aliphatic carbocycles. The van der Waals surface area contributed by atoms with E-state index in [1.807, 2.05) is 6.92 Å². The Labute approximate surface area is 191 Å². The van der Waals surface area contributed by atoms with Crippen molar-refractivity contribution < 1.29 is 12.8 Å². The fraction of sp³-hybridized carbons (Fsp3) is 0.632. The highest BCUT2D eigenvalue weighted by molar-refractivity contribution is 14.0. The van der Waals surface area contributed by atoms with Crippen molar-refractivity contribution in [2.75, 3.05) is 53.1 Å². The molecule has 1 aromatic rings. The lowest BCUT2D eigenvalue weighted by atomic mass is 10.1. The molecular formula is C19H33FIN5O2S. The number of likely N-dealkylation sites (N-methyl/N-ethyl adjacent to an activating group) is 2. The largest absolute Gasteiger partial charge is 0.357 e. The van der Waals surface area contributed by atoms with Gasteiger partial charge in [0.05, 0.1) is 12.3 Å². The number of piperazine rings is 1. The van der Waals surface area contributed by atoms with Gasteiger partial charge in [0.2, 0.25) is 0 Å². The summed E-state index contributed by atoms with van der Waals surface area (Å²) in [6, 6.07) is 4.54. The Morgan fingerprint density at radius 2 is 1.97 bits per heavy atom. The van der Waals surface area contributed by atoms with Crippen molar-refractivity contribution in [3.8, 4) is 0 Å². The molecule has 1 fully saturated rings. The maximum absolute atomic E-state index is 13.7. The van der Waals surface area contributed by atoms with Gasteiger partial charge in [0.1, 0.15) is 5.82 Å². The van der Waals surface area contributed by atoms with Gasteiger partial charge in [-0.25, -0.2) is 17.8 Å². The van der Waals surface area contributed by atoms with Crippen LogP contribution in [0.3, 0.4) is 0 Å².